The molecule has 2 aliphatic heterocycles. The third-order valence-corrected chi connectivity index (χ3v) is 3.66. The molecule has 8 heteroatoms. The molecule has 20 heavy (non-hydrogen) atoms. The summed E-state index contributed by atoms with van der Waals surface area (Å²) in [6.45, 7) is 0.641. The first-order chi connectivity index (χ1) is 9.47. The van der Waals surface area contributed by atoms with Crippen molar-refractivity contribution in [1.29, 1.82) is 0 Å². The number of carboxylic acid groups (broad SMARTS) is 1. The molecule has 0 aromatic rings. The highest BCUT2D eigenvalue weighted by Gasteiger charge is 2.32. The molecule has 0 bridgehead atoms. The minimum Gasteiger partial charge on any atom is -0.481 e. The minimum atomic E-state index is -0.825. The molecular formula is C12H17N3O5. The summed E-state index contributed by atoms with van der Waals surface area (Å²) in [6.07, 6.45) is 1.39. The fourth-order valence-electron chi connectivity index (χ4n) is 2.48. The van der Waals surface area contributed by atoms with Crippen LogP contribution in [0, 0.1) is 5.92 Å². The number of carbonyl (C=O) groups excluding carboxylic acids is 3. The van der Waals surface area contributed by atoms with Gasteiger partial charge in [-0.2, -0.15) is 0 Å². The zero-order chi connectivity index (χ0) is 14.7. The molecule has 2 saturated heterocycles. The van der Waals surface area contributed by atoms with Crippen LogP contribution in [0.3, 0.4) is 0 Å². The predicted molar refractivity (Wildman–Crippen MR) is 66.7 cm³/mol. The molecule has 4 amide bonds. The van der Waals surface area contributed by atoms with Gasteiger partial charge in [0.2, 0.25) is 5.91 Å². The molecule has 2 N–H and O–H groups in total. The van der Waals surface area contributed by atoms with Crippen LogP contribution in [0.15, 0.2) is 0 Å². The Morgan fingerprint density at radius 2 is 1.90 bits per heavy atom. The summed E-state index contributed by atoms with van der Waals surface area (Å²) in [4.78, 5) is 47.8. The molecule has 110 valence electrons. The Kier molecular flexibility index (Phi) is 4.21. The van der Waals surface area contributed by atoms with E-state index in [1.807, 2.05) is 0 Å². The third-order valence-electron chi connectivity index (χ3n) is 3.66. The molecular weight excluding hydrogens is 266 g/mol. The van der Waals surface area contributed by atoms with E-state index in [4.69, 9.17) is 5.11 Å². The number of nitrogens with one attached hydrogen (secondary N) is 1. The van der Waals surface area contributed by atoms with E-state index in [1.54, 1.807) is 4.90 Å². The van der Waals surface area contributed by atoms with Gasteiger partial charge in [-0.25, -0.2) is 4.79 Å². The molecule has 0 spiro atoms. The predicted octanol–water partition coefficient (Wildman–Crippen LogP) is -0.748. The van der Waals surface area contributed by atoms with Crippen molar-refractivity contribution in [1.82, 2.24) is 15.1 Å². The Morgan fingerprint density at radius 3 is 2.40 bits per heavy atom. The number of nitrogens with zero attached hydrogens (tertiary/aromatic N) is 2. The van der Waals surface area contributed by atoms with Crippen molar-refractivity contribution < 1.29 is 24.3 Å². The highest BCUT2D eigenvalue weighted by Crippen LogP contribution is 2.20. The van der Waals surface area contributed by atoms with Crippen LogP contribution < -0.4 is 5.32 Å². The SMILES string of the molecule is O=C(O)CC1CCN(C(=O)CN2C(=O)CNC2=O)CC1. The number of aliphatic carboxylic acids is 1. The minimum absolute atomic E-state index is 0.0627. The maximum atomic E-state index is 12.0. The van der Waals surface area contributed by atoms with Crippen LogP contribution in [0.1, 0.15) is 19.3 Å². The molecule has 2 heterocycles. The lowest BCUT2D eigenvalue weighted by molar-refractivity contribution is -0.139. The smallest absolute Gasteiger partial charge is 0.325 e. The molecule has 2 aliphatic rings. The number of hydrogen-bond donors (Lipinski definition) is 2. The summed E-state index contributed by atoms with van der Waals surface area (Å²) >= 11 is 0. The van der Waals surface area contributed by atoms with Crippen molar-refractivity contribution in [2.45, 2.75) is 19.3 Å². The van der Waals surface area contributed by atoms with Gasteiger partial charge >= 0.3 is 12.0 Å². The van der Waals surface area contributed by atoms with E-state index >= 15 is 0 Å². The number of hydrogen-bond acceptors (Lipinski definition) is 4. The van der Waals surface area contributed by atoms with Crippen LogP contribution in [-0.4, -0.2) is 64.9 Å². The second kappa shape index (κ2) is 5.89. The van der Waals surface area contributed by atoms with E-state index in [0.717, 1.165) is 4.90 Å². The summed E-state index contributed by atoms with van der Waals surface area (Å²) in [6, 6.07) is -0.538. The quantitative estimate of drug-likeness (QED) is 0.660. The van der Waals surface area contributed by atoms with Gasteiger partial charge in [0, 0.05) is 19.5 Å². The van der Waals surface area contributed by atoms with E-state index in [2.05, 4.69) is 5.32 Å². The van der Waals surface area contributed by atoms with E-state index in [9.17, 15) is 19.2 Å². The number of likely N-dealkylation sites (tertiary alicyclic amines) is 1. The maximum absolute atomic E-state index is 12.0. The zero-order valence-corrected chi connectivity index (χ0v) is 11.0. The Hall–Kier alpha value is -2.12. The molecule has 0 saturated carbocycles. The number of imide groups is 1. The van der Waals surface area contributed by atoms with Gasteiger partial charge in [-0.15, -0.1) is 0 Å². The van der Waals surface area contributed by atoms with Crippen LogP contribution in [0.25, 0.3) is 0 Å². The zero-order valence-electron chi connectivity index (χ0n) is 11.0. The highest BCUT2D eigenvalue weighted by molar-refractivity contribution is 6.04. The van der Waals surface area contributed by atoms with E-state index in [0.29, 0.717) is 25.9 Å². The fraction of sp³-hybridized carbons (Fsp3) is 0.667. The van der Waals surface area contributed by atoms with Gasteiger partial charge < -0.3 is 15.3 Å². The summed E-state index contributed by atoms with van der Waals surface area (Å²) in [7, 11) is 0. The lowest BCUT2D eigenvalue weighted by Gasteiger charge is -2.32. The summed E-state index contributed by atoms with van der Waals surface area (Å²) in [5, 5.41) is 11.1. The number of rotatable bonds is 4. The van der Waals surface area contributed by atoms with Crippen molar-refractivity contribution in [3.05, 3.63) is 0 Å². The normalized spacial score (nSPS) is 20.2. The topological polar surface area (TPSA) is 107 Å². The first-order valence-electron chi connectivity index (χ1n) is 6.55. The van der Waals surface area contributed by atoms with Crippen molar-refractivity contribution >= 4 is 23.8 Å². The standard InChI is InChI=1S/C12H17N3O5/c16-9-6-13-12(20)15(9)7-10(17)14-3-1-8(2-4-14)5-11(18)19/h8H,1-7H2,(H,13,20)(H,18,19). The van der Waals surface area contributed by atoms with Crippen molar-refractivity contribution in [3.63, 3.8) is 0 Å². The van der Waals surface area contributed by atoms with Crippen LogP contribution >= 0.6 is 0 Å². The first kappa shape index (κ1) is 14.3. The second-order valence-electron chi connectivity index (χ2n) is 5.06. The average molecular weight is 283 g/mol. The van der Waals surface area contributed by atoms with Gasteiger partial charge in [-0.3, -0.25) is 19.3 Å². The van der Waals surface area contributed by atoms with Gasteiger partial charge in [0.25, 0.3) is 5.91 Å². The van der Waals surface area contributed by atoms with E-state index < -0.39 is 17.9 Å². The van der Waals surface area contributed by atoms with Gasteiger partial charge in [0.05, 0.1) is 6.54 Å². The lowest BCUT2D eigenvalue weighted by Crippen LogP contribution is -2.46. The summed E-state index contributed by atoms with van der Waals surface area (Å²) < 4.78 is 0. The Balaban J connectivity index is 1.81. The second-order valence-corrected chi connectivity index (χ2v) is 5.06. The van der Waals surface area contributed by atoms with Crippen LogP contribution in [0.4, 0.5) is 4.79 Å². The number of carboxylic acids is 1. The molecule has 8 nitrogen and oxygen atoms in total. The largest absolute Gasteiger partial charge is 0.481 e. The van der Waals surface area contributed by atoms with Gasteiger partial charge in [0.15, 0.2) is 0 Å². The lowest BCUT2D eigenvalue weighted by atomic mass is 9.93. The monoisotopic (exact) mass is 283 g/mol. The van der Waals surface area contributed by atoms with E-state index in [-0.39, 0.29) is 31.3 Å². The number of urea groups is 1. The van der Waals surface area contributed by atoms with Crippen molar-refractivity contribution in [3.8, 4) is 0 Å². The molecule has 0 atom stereocenters. The maximum Gasteiger partial charge on any atom is 0.325 e. The van der Waals surface area contributed by atoms with Crippen LogP contribution in [-0.2, 0) is 14.4 Å². The first-order valence-corrected chi connectivity index (χ1v) is 6.55. The van der Waals surface area contributed by atoms with Crippen LogP contribution in [0.5, 0.6) is 0 Å². The summed E-state index contributed by atoms with van der Waals surface area (Å²) in [5.74, 6) is -1.41. The Morgan fingerprint density at radius 1 is 1.25 bits per heavy atom. The average Bonchev–Trinajstić information content (AvgIpc) is 2.70. The molecule has 0 unspecified atom stereocenters. The molecule has 0 aromatic carbocycles. The molecule has 0 radical (unpaired) electrons. The fourth-order valence-corrected chi connectivity index (χ4v) is 2.48. The van der Waals surface area contributed by atoms with Crippen molar-refractivity contribution in [2.24, 2.45) is 5.92 Å². The van der Waals surface area contributed by atoms with E-state index in [1.165, 1.54) is 0 Å². The van der Waals surface area contributed by atoms with Gasteiger partial charge in [-0.05, 0) is 18.8 Å². The number of carbonyl (C=O) groups is 4. The third kappa shape index (κ3) is 3.25. The van der Waals surface area contributed by atoms with Crippen LogP contribution in [0.2, 0.25) is 0 Å². The van der Waals surface area contributed by atoms with Gasteiger partial charge in [-0.1, -0.05) is 0 Å². The van der Waals surface area contributed by atoms with Gasteiger partial charge in [0.1, 0.15) is 6.54 Å². The number of amides is 4. The Bertz CT molecular complexity index is 426. The molecule has 0 aromatic heterocycles. The molecule has 2 rings (SSSR count). The molecule has 0 aliphatic carbocycles. The molecule has 2 fully saturated rings. The summed E-state index contributed by atoms with van der Waals surface area (Å²) in [5.41, 5.74) is 0. The Labute approximate surface area is 115 Å². The highest BCUT2D eigenvalue weighted by atomic mass is 16.4. The number of piperidine rings is 1. The van der Waals surface area contributed by atoms with Crippen molar-refractivity contribution in [2.75, 3.05) is 26.2 Å².